The smallest absolute Gasteiger partial charge is 0.351 e. The first-order valence-electron chi connectivity index (χ1n) is 5.48. The van der Waals surface area contributed by atoms with Crippen LogP contribution in [-0.4, -0.2) is 43.5 Å². The summed E-state index contributed by atoms with van der Waals surface area (Å²) in [5, 5.41) is 3.53. The number of aromatic nitrogens is 1. The summed E-state index contributed by atoms with van der Waals surface area (Å²) in [6.45, 7) is 1.81. The third-order valence-corrected chi connectivity index (χ3v) is 6.11. The van der Waals surface area contributed by atoms with Crippen LogP contribution in [0.15, 0.2) is 0 Å². The molecule has 0 amide bonds. The lowest BCUT2D eigenvalue weighted by atomic mass is 10.0. The van der Waals surface area contributed by atoms with Crippen LogP contribution >= 0.6 is 22.9 Å². The van der Waals surface area contributed by atoms with Crippen LogP contribution in [0.3, 0.4) is 0 Å². The Labute approximate surface area is 120 Å². The fraction of sp³-hybridized carbons (Fsp3) is 0.600. The molecular formula is C10H13ClN2O4S2. The Kier molecular flexibility index (Phi) is 3.76. The van der Waals surface area contributed by atoms with Crippen molar-refractivity contribution in [2.45, 2.75) is 18.9 Å². The number of methoxy groups -OCH3 is 1. The topological polar surface area (TPSA) is 85.4 Å². The number of hydrogen-bond donors (Lipinski definition) is 1. The molecule has 19 heavy (non-hydrogen) atoms. The fourth-order valence-corrected chi connectivity index (χ4v) is 5.29. The van der Waals surface area contributed by atoms with Gasteiger partial charge in [-0.3, -0.25) is 0 Å². The van der Waals surface area contributed by atoms with E-state index in [4.69, 9.17) is 11.6 Å². The summed E-state index contributed by atoms with van der Waals surface area (Å²) in [6.07, 6.45) is 0.500. The van der Waals surface area contributed by atoms with Gasteiger partial charge in [0.15, 0.2) is 25.0 Å². The predicted octanol–water partition coefficient (Wildman–Crippen LogP) is 1.57. The van der Waals surface area contributed by atoms with Crippen LogP contribution in [0.25, 0.3) is 0 Å². The minimum atomic E-state index is -3.01. The molecule has 2 heterocycles. The van der Waals surface area contributed by atoms with Gasteiger partial charge >= 0.3 is 5.97 Å². The summed E-state index contributed by atoms with van der Waals surface area (Å²) >= 11 is 6.90. The van der Waals surface area contributed by atoms with E-state index >= 15 is 0 Å². The molecule has 1 aromatic rings. The van der Waals surface area contributed by atoms with E-state index in [-0.39, 0.29) is 21.5 Å². The summed E-state index contributed by atoms with van der Waals surface area (Å²) in [7, 11) is -1.75. The molecular weight excluding hydrogens is 312 g/mol. The molecule has 0 aliphatic carbocycles. The van der Waals surface area contributed by atoms with Crippen LogP contribution in [0, 0.1) is 0 Å². The van der Waals surface area contributed by atoms with Gasteiger partial charge in [-0.2, -0.15) is 0 Å². The van der Waals surface area contributed by atoms with Crippen molar-refractivity contribution in [1.82, 2.24) is 4.98 Å². The largest absolute Gasteiger partial charge is 0.465 e. The normalized spacial score (nSPS) is 25.2. The van der Waals surface area contributed by atoms with Crippen molar-refractivity contribution < 1.29 is 17.9 Å². The molecule has 0 radical (unpaired) electrons. The van der Waals surface area contributed by atoms with Gasteiger partial charge in [-0.05, 0) is 13.3 Å². The first-order chi connectivity index (χ1) is 8.75. The zero-order valence-electron chi connectivity index (χ0n) is 10.4. The standard InChI is InChI=1S/C10H13ClN2O4S2/c1-10(3-4-19(15,16)5-10)13-9-12-7(11)6(18-9)8(14)17-2/h3-5H2,1-2H3,(H,12,13). The maximum absolute atomic E-state index is 11.5. The van der Waals surface area contributed by atoms with Crippen molar-refractivity contribution >= 4 is 43.9 Å². The number of carbonyl (C=O) groups is 1. The number of rotatable bonds is 3. The third-order valence-electron chi connectivity index (χ3n) is 2.87. The Balaban J connectivity index is 2.19. The molecule has 0 aromatic carbocycles. The van der Waals surface area contributed by atoms with Gasteiger partial charge in [0.2, 0.25) is 0 Å². The van der Waals surface area contributed by atoms with E-state index in [1.807, 2.05) is 6.92 Å². The lowest BCUT2D eigenvalue weighted by Crippen LogP contribution is -2.35. The van der Waals surface area contributed by atoms with Crippen molar-refractivity contribution in [1.29, 1.82) is 0 Å². The molecule has 1 atom stereocenters. The lowest BCUT2D eigenvalue weighted by molar-refractivity contribution is 0.0606. The van der Waals surface area contributed by atoms with Crippen molar-refractivity contribution in [2.75, 3.05) is 23.9 Å². The van der Waals surface area contributed by atoms with Gasteiger partial charge in [-0.1, -0.05) is 22.9 Å². The average molecular weight is 325 g/mol. The second-order valence-electron chi connectivity index (χ2n) is 4.66. The quantitative estimate of drug-likeness (QED) is 0.849. The Morgan fingerprint density at radius 1 is 1.58 bits per heavy atom. The van der Waals surface area contributed by atoms with Gasteiger partial charge < -0.3 is 10.1 Å². The molecule has 1 saturated heterocycles. The highest BCUT2D eigenvalue weighted by Gasteiger charge is 2.39. The van der Waals surface area contributed by atoms with Crippen molar-refractivity contribution in [3.05, 3.63) is 10.0 Å². The van der Waals surface area contributed by atoms with Gasteiger partial charge in [0, 0.05) is 0 Å². The molecule has 1 N–H and O–H groups in total. The van der Waals surface area contributed by atoms with E-state index in [9.17, 15) is 13.2 Å². The summed E-state index contributed by atoms with van der Waals surface area (Å²) in [6, 6.07) is 0. The Bertz CT molecular complexity index is 613. The molecule has 9 heteroatoms. The Hall–Kier alpha value is -0.860. The molecule has 0 spiro atoms. The van der Waals surface area contributed by atoms with E-state index in [0.717, 1.165) is 11.3 Å². The van der Waals surface area contributed by atoms with E-state index in [2.05, 4.69) is 15.0 Å². The fourth-order valence-electron chi connectivity index (χ4n) is 1.94. The highest BCUT2D eigenvalue weighted by atomic mass is 35.5. The van der Waals surface area contributed by atoms with Crippen molar-refractivity contribution in [3.63, 3.8) is 0 Å². The van der Waals surface area contributed by atoms with Crippen molar-refractivity contribution in [3.8, 4) is 0 Å². The number of ether oxygens (including phenoxy) is 1. The van der Waals surface area contributed by atoms with Gasteiger partial charge in [-0.25, -0.2) is 18.2 Å². The number of anilines is 1. The molecule has 1 aliphatic rings. The van der Waals surface area contributed by atoms with E-state index in [1.165, 1.54) is 7.11 Å². The molecule has 2 rings (SSSR count). The van der Waals surface area contributed by atoms with E-state index in [1.54, 1.807) is 0 Å². The van der Waals surface area contributed by atoms with Gasteiger partial charge in [-0.15, -0.1) is 0 Å². The number of halogens is 1. The number of carbonyl (C=O) groups excluding carboxylic acids is 1. The minimum Gasteiger partial charge on any atom is -0.465 e. The van der Waals surface area contributed by atoms with Crippen molar-refractivity contribution in [2.24, 2.45) is 0 Å². The number of hydrogen-bond acceptors (Lipinski definition) is 7. The predicted molar refractivity (Wildman–Crippen MR) is 73.8 cm³/mol. The monoisotopic (exact) mass is 324 g/mol. The number of nitrogens with zero attached hydrogens (tertiary/aromatic N) is 1. The van der Waals surface area contributed by atoms with Gasteiger partial charge in [0.25, 0.3) is 0 Å². The molecule has 6 nitrogen and oxygen atoms in total. The lowest BCUT2D eigenvalue weighted by Gasteiger charge is -2.23. The summed E-state index contributed by atoms with van der Waals surface area (Å²) in [5.74, 6) is -0.357. The summed E-state index contributed by atoms with van der Waals surface area (Å²) in [4.78, 5) is 15.6. The van der Waals surface area contributed by atoms with E-state index in [0.29, 0.717) is 11.6 Å². The molecule has 106 valence electrons. The van der Waals surface area contributed by atoms with Crippen LogP contribution < -0.4 is 5.32 Å². The molecule has 0 bridgehead atoms. The Morgan fingerprint density at radius 3 is 2.79 bits per heavy atom. The average Bonchev–Trinajstić information content (AvgIpc) is 2.78. The zero-order valence-corrected chi connectivity index (χ0v) is 12.8. The van der Waals surface area contributed by atoms with Crippen LogP contribution in [0.2, 0.25) is 5.15 Å². The number of nitrogens with one attached hydrogen (secondary N) is 1. The van der Waals surface area contributed by atoms with E-state index < -0.39 is 21.3 Å². The third kappa shape index (κ3) is 3.18. The SMILES string of the molecule is COC(=O)c1sc(NC2(C)CCS(=O)(=O)C2)nc1Cl. The number of sulfone groups is 1. The first-order valence-corrected chi connectivity index (χ1v) is 8.49. The highest BCUT2D eigenvalue weighted by molar-refractivity contribution is 7.91. The molecule has 1 aromatic heterocycles. The van der Waals surface area contributed by atoms with Crippen LogP contribution in [-0.2, 0) is 14.6 Å². The summed E-state index contributed by atoms with van der Waals surface area (Å²) < 4.78 is 27.6. The molecule has 1 unspecified atom stereocenters. The number of thiazole rings is 1. The number of esters is 1. The van der Waals surface area contributed by atoms with Gasteiger partial charge in [0.1, 0.15) is 0 Å². The molecule has 1 fully saturated rings. The second kappa shape index (κ2) is 4.92. The maximum Gasteiger partial charge on any atom is 0.351 e. The minimum absolute atomic E-state index is 0.0464. The Morgan fingerprint density at radius 2 is 2.26 bits per heavy atom. The van der Waals surface area contributed by atoms with Crippen LogP contribution in [0.4, 0.5) is 5.13 Å². The first kappa shape index (κ1) is 14.5. The summed E-state index contributed by atoms with van der Waals surface area (Å²) in [5.41, 5.74) is -0.576. The second-order valence-corrected chi connectivity index (χ2v) is 8.20. The maximum atomic E-state index is 11.5. The van der Waals surface area contributed by atoms with Crippen LogP contribution in [0.5, 0.6) is 0 Å². The molecule has 1 aliphatic heterocycles. The van der Waals surface area contributed by atoms with Gasteiger partial charge in [0.05, 0.1) is 24.2 Å². The zero-order chi connectivity index (χ0) is 14.3. The highest BCUT2D eigenvalue weighted by Crippen LogP contribution is 2.32. The molecule has 0 saturated carbocycles. The van der Waals surface area contributed by atoms with Crippen LogP contribution in [0.1, 0.15) is 23.0 Å².